The number of hydrogen-bond acceptors (Lipinski definition) is 8. The second-order valence-electron chi connectivity index (χ2n) is 8.66. The van der Waals surface area contributed by atoms with Crippen molar-refractivity contribution in [2.45, 2.75) is 25.9 Å². The van der Waals surface area contributed by atoms with E-state index in [0.717, 1.165) is 22.7 Å². The number of sulfonamides is 1. The Hall–Kier alpha value is -4.14. The van der Waals surface area contributed by atoms with Crippen molar-refractivity contribution in [3.8, 4) is 5.75 Å². The number of rotatable bonds is 9. The highest BCUT2D eigenvalue weighted by molar-refractivity contribution is 7.92. The van der Waals surface area contributed by atoms with Gasteiger partial charge in [-0.3, -0.25) is 9.62 Å². The van der Waals surface area contributed by atoms with E-state index in [-0.39, 0.29) is 35.9 Å². The Kier molecular flexibility index (Phi) is 9.07. The van der Waals surface area contributed by atoms with E-state index in [1.54, 1.807) is 13.0 Å². The van der Waals surface area contributed by atoms with Crippen molar-refractivity contribution in [2.24, 2.45) is 0 Å². The molecule has 40 heavy (non-hydrogen) atoms. The zero-order valence-corrected chi connectivity index (χ0v) is 23.0. The molecule has 0 fully saturated rings. The van der Waals surface area contributed by atoms with Crippen molar-refractivity contribution in [3.05, 3.63) is 64.7 Å². The van der Waals surface area contributed by atoms with Crippen molar-refractivity contribution in [1.82, 2.24) is 9.97 Å². The maximum absolute atomic E-state index is 13.9. The van der Waals surface area contributed by atoms with Gasteiger partial charge in [0.1, 0.15) is 11.6 Å². The van der Waals surface area contributed by atoms with Gasteiger partial charge in [0.2, 0.25) is 16.0 Å². The van der Waals surface area contributed by atoms with Crippen molar-refractivity contribution in [3.63, 3.8) is 0 Å². The molecular weight excluding hydrogens is 558 g/mol. The quantitative estimate of drug-likeness (QED) is 0.335. The van der Waals surface area contributed by atoms with E-state index in [1.165, 1.54) is 33.4 Å². The number of hydrogen-bond donors (Lipinski definition) is 2. The molecule has 0 aliphatic carbocycles. The van der Waals surface area contributed by atoms with Crippen LogP contribution in [0.15, 0.2) is 36.5 Å². The smallest absolute Gasteiger partial charge is 0.419 e. The largest absolute Gasteiger partial charge is 0.494 e. The van der Waals surface area contributed by atoms with E-state index in [0.29, 0.717) is 28.7 Å². The number of carbonyl (C=O) groups is 1. The van der Waals surface area contributed by atoms with Gasteiger partial charge in [-0.05, 0) is 49.1 Å². The van der Waals surface area contributed by atoms with Crippen LogP contribution in [0, 0.1) is 12.7 Å². The first-order valence-corrected chi connectivity index (χ1v) is 13.4. The van der Waals surface area contributed by atoms with Crippen LogP contribution in [0.1, 0.15) is 22.4 Å². The molecule has 1 aromatic heterocycles. The van der Waals surface area contributed by atoms with Crippen molar-refractivity contribution in [1.29, 1.82) is 0 Å². The Balaban J connectivity index is 1.97. The summed E-state index contributed by atoms with van der Waals surface area (Å²) in [5.41, 5.74) is 0.167. The summed E-state index contributed by atoms with van der Waals surface area (Å²) >= 11 is 0. The fourth-order valence-corrected chi connectivity index (χ4v) is 4.28. The highest BCUT2D eigenvalue weighted by Crippen LogP contribution is 2.35. The van der Waals surface area contributed by atoms with Gasteiger partial charge in [-0.15, -0.1) is 0 Å². The molecule has 0 aliphatic heterocycles. The monoisotopic (exact) mass is 585 g/mol. The molecule has 3 aromatic rings. The molecule has 216 valence electrons. The van der Waals surface area contributed by atoms with E-state index in [1.807, 2.05) is 0 Å². The minimum absolute atomic E-state index is 0.00401. The Morgan fingerprint density at radius 3 is 2.40 bits per heavy atom. The number of methoxy groups -OCH3 is 2. The van der Waals surface area contributed by atoms with Crippen LogP contribution >= 0.6 is 0 Å². The highest BCUT2D eigenvalue weighted by atomic mass is 32.2. The Bertz CT molecular complexity index is 1520. The summed E-state index contributed by atoms with van der Waals surface area (Å²) in [7, 11) is 0.0338. The molecule has 15 heteroatoms. The van der Waals surface area contributed by atoms with E-state index >= 15 is 0 Å². The standard InChI is InChI=1S/C25H27F4N5O5S/c1-14-10-20(22(38-3)12-19(14)33-24(35)39-4)32-23-30-13-17(25(27,28)29)18(31-23)9-7-15-6-8-16(26)11-21(15)34(2)40(5,36)37/h6,8,10-13H,7,9H2,1-5H3,(H,33,35)(H,30,31,32). The molecule has 0 atom stereocenters. The lowest BCUT2D eigenvalue weighted by Gasteiger charge is -2.21. The molecule has 1 heterocycles. The molecule has 1 amide bonds. The first-order valence-electron chi connectivity index (χ1n) is 11.6. The molecule has 3 rings (SSSR count). The summed E-state index contributed by atoms with van der Waals surface area (Å²) in [6, 6.07) is 6.49. The second kappa shape index (κ2) is 11.9. The normalized spacial score (nSPS) is 11.6. The van der Waals surface area contributed by atoms with E-state index < -0.39 is 33.7 Å². The molecule has 0 spiro atoms. The first-order chi connectivity index (χ1) is 18.6. The van der Waals surface area contributed by atoms with Crippen LogP contribution in [-0.2, 0) is 33.8 Å². The average molecular weight is 586 g/mol. The van der Waals surface area contributed by atoms with Gasteiger partial charge in [0.05, 0.1) is 48.8 Å². The SMILES string of the molecule is COC(=O)Nc1cc(OC)c(Nc2ncc(C(F)(F)F)c(CCc3ccc(F)cc3N(C)S(C)(=O)=O)n2)cc1C. The average Bonchev–Trinajstić information content (AvgIpc) is 2.87. The molecular formula is C25H27F4N5O5S. The van der Waals surface area contributed by atoms with Gasteiger partial charge in [0, 0.05) is 19.3 Å². The van der Waals surface area contributed by atoms with Crippen LogP contribution in [0.25, 0.3) is 0 Å². The molecule has 0 saturated heterocycles. The van der Waals surface area contributed by atoms with Crippen LogP contribution in [0.4, 0.5) is 45.4 Å². The van der Waals surface area contributed by atoms with Gasteiger partial charge in [-0.1, -0.05) is 6.07 Å². The van der Waals surface area contributed by atoms with E-state index in [2.05, 4.69) is 25.3 Å². The third-order valence-corrected chi connectivity index (χ3v) is 7.10. The van der Waals surface area contributed by atoms with Crippen molar-refractivity contribution < 1.29 is 40.2 Å². The van der Waals surface area contributed by atoms with Gasteiger partial charge in [-0.2, -0.15) is 13.2 Å². The number of benzene rings is 2. The third-order valence-electron chi connectivity index (χ3n) is 5.90. The summed E-state index contributed by atoms with van der Waals surface area (Å²) in [4.78, 5) is 19.5. The minimum atomic E-state index is -4.77. The number of aryl methyl sites for hydroxylation is 3. The molecule has 0 saturated carbocycles. The summed E-state index contributed by atoms with van der Waals surface area (Å²) in [5, 5.41) is 5.36. The summed E-state index contributed by atoms with van der Waals surface area (Å²) in [5.74, 6) is -0.625. The zero-order valence-electron chi connectivity index (χ0n) is 22.2. The molecule has 10 nitrogen and oxygen atoms in total. The van der Waals surface area contributed by atoms with Crippen LogP contribution in [-0.4, -0.2) is 52.0 Å². The van der Waals surface area contributed by atoms with Crippen molar-refractivity contribution in [2.75, 3.05) is 42.5 Å². The number of ether oxygens (including phenoxy) is 2. The maximum atomic E-state index is 13.9. The van der Waals surface area contributed by atoms with Gasteiger partial charge < -0.3 is 14.8 Å². The zero-order chi connectivity index (χ0) is 29.8. The second-order valence-corrected chi connectivity index (χ2v) is 10.7. The fourth-order valence-electron chi connectivity index (χ4n) is 3.75. The third kappa shape index (κ3) is 7.28. The topological polar surface area (TPSA) is 123 Å². The minimum Gasteiger partial charge on any atom is -0.494 e. The molecule has 0 bridgehead atoms. The van der Waals surface area contributed by atoms with E-state index in [4.69, 9.17) is 4.74 Å². The maximum Gasteiger partial charge on any atom is 0.419 e. The van der Waals surface area contributed by atoms with Gasteiger partial charge in [-0.25, -0.2) is 27.6 Å². The lowest BCUT2D eigenvalue weighted by molar-refractivity contribution is -0.138. The van der Waals surface area contributed by atoms with Crippen LogP contribution in [0.5, 0.6) is 5.75 Å². The Morgan fingerprint density at radius 1 is 1.10 bits per heavy atom. The van der Waals surface area contributed by atoms with Gasteiger partial charge >= 0.3 is 12.3 Å². The summed E-state index contributed by atoms with van der Waals surface area (Å²) in [6.45, 7) is 1.68. The molecule has 2 aromatic carbocycles. The lowest BCUT2D eigenvalue weighted by atomic mass is 10.0. The van der Waals surface area contributed by atoms with Gasteiger partial charge in [0.25, 0.3) is 0 Å². The number of aromatic nitrogens is 2. The molecule has 2 N–H and O–H groups in total. The van der Waals surface area contributed by atoms with E-state index in [9.17, 15) is 30.8 Å². The van der Waals surface area contributed by atoms with Gasteiger partial charge in [0.15, 0.2) is 0 Å². The number of nitrogens with one attached hydrogen (secondary N) is 2. The molecule has 0 unspecified atom stereocenters. The number of nitrogens with zero attached hydrogens (tertiary/aromatic N) is 3. The Morgan fingerprint density at radius 2 is 1.80 bits per heavy atom. The number of carbonyl (C=O) groups excluding carboxylic acids is 1. The summed E-state index contributed by atoms with van der Waals surface area (Å²) in [6.07, 6.45) is -4.23. The van der Waals surface area contributed by atoms with Crippen LogP contribution < -0.4 is 19.7 Å². The Labute approximate surface area is 228 Å². The number of alkyl halides is 3. The predicted octanol–water partition coefficient (Wildman–Crippen LogP) is 5.05. The molecule has 0 aliphatic rings. The highest BCUT2D eigenvalue weighted by Gasteiger charge is 2.35. The van der Waals surface area contributed by atoms with Crippen molar-refractivity contribution >= 4 is 39.1 Å². The number of amides is 1. The number of anilines is 4. The number of halogens is 4. The molecule has 0 radical (unpaired) electrons. The first kappa shape index (κ1) is 30.4. The fraction of sp³-hybridized carbons (Fsp3) is 0.320. The van der Waals surface area contributed by atoms with Crippen LogP contribution in [0.2, 0.25) is 0 Å². The van der Waals surface area contributed by atoms with Crippen LogP contribution in [0.3, 0.4) is 0 Å². The predicted molar refractivity (Wildman–Crippen MR) is 141 cm³/mol. The lowest BCUT2D eigenvalue weighted by Crippen LogP contribution is -2.26. The summed E-state index contributed by atoms with van der Waals surface area (Å²) < 4.78 is 90.1.